The summed E-state index contributed by atoms with van der Waals surface area (Å²) in [6.45, 7) is 6.17. The Bertz CT molecular complexity index is 991. The standard InChI is InChI=1S/C21H21FN2O2/c1-15-6-7-17-16(13-21(25)26-20(17)12-15)14-23-8-10-24(11-9-23)19-5-3-2-4-18(19)22/h2-7,12-13H,8-11,14H2,1H3/p+1. The fourth-order valence-corrected chi connectivity index (χ4v) is 3.70. The fraction of sp³-hybridized carbons (Fsp3) is 0.286. The van der Waals surface area contributed by atoms with E-state index in [1.807, 2.05) is 37.3 Å². The van der Waals surface area contributed by atoms with Gasteiger partial charge in [0.05, 0.1) is 31.9 Å². The van der Waals surface area contributed by atoms with Gasteiger partial charge in [-0.15, -0.1) is 0 Å². The van der Waals surface area contributed by atoms with Crippen molar-refractivity contribution in [3.63, 3.8) is 0 Å². The summed E-state index contributed by atoms with van der Waals surface area (Å²) in [5.74, 6) is -0.169. The van der Waals surface area contributed by atoms with Gasteiger partial charge in [-0.25, -0.2) is 9.18 Å². The monoisotopic (exact) mass is 353 g/mol. The average Bonchev–Trinajstić information content (AvgIpc) is 2.62. The van der Waals surface area contributed by atoms with Crippen LogP contribution in [0.15, 0.2) is 57.7 Å². The Balaban J connectivity index is 1.51. The molecule has 0 spiro atoms. The molecule has 0 radical (unpaired) electrons. The Labute approximate surface area is 151 Å². The zero-order valence-corrected chi connectivity index (χ0v) is 14.8. The van der Waals surface area contributed by atoms with Gasteiger partial charge in [0.2, 0.25) is 0 Å². The van der Waals surface area contributed by atoms with Gasteiger partial charge in [-0.3, -0.25) is 0 Å². The summed E-state index contributed by atoms with van der Waals surface area (Å²) >= 11 is 0. The first-order valence-electron chi connectivity index (χ1n) is 8.96. The highest BCUT2D eigenvalue weighted by Crippen LogP contribution is 2.19. The molecule has 5 heteroatoms. The van der Waals surface area contributed by atoms with Crippen molar-refractivity contribution >= 4 is 16.7 Å². The van der Waals surface area contributed by atoms with E-state index in [-0.39, 0.29) is 11.4 Å². The largest absolute Gasteiger partial charge is 0.423 e. The van der Waals surface area contributed by atoms with Crippen molar-refractivity contribution in [3.05, 3.63) is 75.9 Å². The molecule has 0 aliphatic carbocycles. The molecule has 2 aromatic carbocycles. The molecule has 0 saturated carbocycles. The molecule has 1 N–H and O–H groups in total. The average molecular weight is 353 g/mol. The summed E-state index contributed by atoms with van der Waals surface area (Å²) in [6, 6.07) is 14.5. The molecule has 1 aliphatic rings. The molecule has 2 heterocycles. The maximum Gasteiger partial charge on any atom is 0.336 e. The molecule has 4 rings (SSSR count). The maximum atomic E-state index is 14.0. The number of hydrogen-bond donors (Lipinski definition) is 1. The molecule has 26 heavy (non-hydrogen) atoms. The number of para-hydroxylation sites is 1. The summed E-state index contributed by atoms with van der Waals surface area (Å²) in [7, 11) is 0. The SMILES string of the molecule is Cc1ccc2c(C[NH+]3CCN(c4ccccc4F)CC3)cc(=O)oc2c1. The molecule has 0 bridgehead atoms. The molecule has 3 aromatic rings. The van der Waals surface area contributed by atoms with Gasteiger partial charge in [0.25, 0.3) is 0 Å². The third-order valence-corrected chi connectivity index (χ3v) is 5.09. The van der Waals surface area contributed by atoms with Crippen LogP contribution in [0.1, 0.15) is 11.1 Å². The van der Waals surface area contributed by atoms with Gasteiger partial charge in [-0.1, -0.05) is 24.3 Å². The Morgan fingerprint density at radius 3 is 2.65 bits per heavy atom. The number of benzene rings is 2. The minimum absolute atomic E-state index is 0.169. The third kappa shape index (κ3) is 3.35. The van der Waals surface area contributed by atoms with Crippen molar-refractivity contribution in [2.75, 3.05) is 31.1 Å². The number of anilines is 1. The van der Waals surface area contributed by atoms with Crippen LogP contribution >= 0.6 is 0 Å². The van der Waals surface area contributed by atoms with Crippen LogP contribution in [-0.4, -0.2) is 26.2 Å². The summed E-state index contributed by atoms with van der Waals surface area (Å²) in [4.78, 5) is 15.4. The lowest BCUT2D eigenvalue weighted by atomic mass is 10.1. The van der Waals surface area contributed by atoms with Gasteiger partial charge in [0.1, 0.15) is 17.9 Å². The van der Waals surface area contributed by atoms with Crippen molar-refractivity contribution in [1.82, 2.24) is 0 Å². The van der Waals surface area contributed by atoms with E-state index < -0.39 is 0 Å². The predicted molar refractivity (Wildman–Crippen MR) is 100 cm³/mol. The topological polar surface area (TPSA) is 37.9 Å². The van der Waals surface area contributed by atoms with Crippen LogP contribution in [-0.2, 0) is 6.54 Å². The number of hydrogen-bond acceptors (Lipinski definition) is 3. The molecule has 0 unspecified atom stereocenters. The van der Waals surface area contributed by atoms with Crippen LogP contribution in [0.2, 0.25) is 0 Å². The van der Waals surface area contributed by atoms with Crippen LogP contribution in [0, 0.1) is 12.7 Å². The minimum atomic E-state index is -0.303. The molecule has 0 atom stereocenters. The van der Waals surface area contributed by atoms with E-state index in [1.165, 1.54) is 11.0 Å². The molecule has 1 aliphatic heterocycles. The second kappa shape index (κ2) is 6.92. The Morgan fingerprint density at radius 1 is 1.12 bits per heavy atom. The van der Waals surface area contributed by atoms with Crippen LogP contribution in [0.5, 0.6) is 0 Å². The first-order valence-corrected chi connectivity index (χ1v) is 8.96. The molecule has 1 aromatic heterocycles. The highest BCUT2D eigenvalue weighted by Gasteiger charge is 2.23. The zero-order chi connectivity index (χ0) is 18.1. The number of nitrogens with one attached hydrogen (secondary N) is 1. The molecule has 0 amide bonds. The lowest BCUT2D eigenvalue weighted by molar-refractivity contribution is -0.914. The maximum absolute atomic E-state index is 14.0. The van der Waals surface area contributed by atoms with Crippen molar-refractivity contribution < 1.29 is 13.7 Å². The Morgan fingerprint density at radius 2 is 1.88 bits per heavy atom. The van der Waals surface area contributed by atoms with E-state index in [9.17, 15) is 9.18 Å². The first kappa shape index (κ1) is 16.8. The van der Waals surface area contributed by atoms with Crippen molar-refractivity contribution in [1.29, 1.82) is 0 Å². The number of piperazine rings is 1. The number of fused-ring (bicyclic) bond motifs is 1. The molecule has 1 saturated heterocycles. The van der Waals surface area contributed by atoms with Crippen molar-refractivity contribution in [3.8, 4) is 0 Å². The number of rotatable bonds is 3. The fourth-order valence-electron chi connectivity index (χ4n) is 3.70. The smallest absolute Gasteiger partial charge is 0.336 e. The minimum Gasteiger partial charge on any atom is -0.423 e. The van der Waals surface area contributed by atoms with Crippen LogP contribution in [0.3, 0.4) is 0 Å². The lowest BCUT2D eigenvalue weighted by Crippen LogP contribution is -3.13. The number of aryl methyl sites for hydroxylation is 1. The summed E-state index contributed by atoms with van der Waals surface area (Å²) < 4.78 is 19.3. The van der Waals surface area contributed by atoms with E-state index in [1.54, 1.807) is 12.1 Å². The molecular formula is C21H22FN2O2+. The first-order chi connectivity index (χ1) is 12.6. The highest BCUT2D eigenvalue weighted by atomic mass is 19.1. The second-order valence-electron chi connectivity index (χ2n) is 6.96. The summed E-state index contributed by atoms with van der Waals surface area (Å²) in [5.41, 5.74) is 3.11. The van der Waals surface area contributed by atoms with Gasteiger partial charge < -0.3 is 14.2 Å². The van der Waals surface area contributed by atoms with Gasteiger partial charge >= 0.3 is 5.63 Å². The number of quaternary nitrogens is 1. The highest BCUT2D eigenvalue weighted by molar-refractivity contribution is 5.80. The van der Waals surface area contributed by atoms with E-state index in [4.69, 9.17) is 4.42 Å². The van der Waals surface area contributed by atoms with Gasteiger partial charge in [0.15, 0.2) is 0 Å². The Hall–Kier alpha value is -2.66. The zero-order valence-electron chi connectivity index (χ0n) is 14.8. The van der Waals surface area contributed by atoms with Crippen LogP contribution < -0.4 is 15.4 Å². The normalized spacial score (nSPS) is 15.5. The van der Waals surface area contributed by atoms with Gasteiger partial charge in [-0.05, 0) is 30.7 Å². The van der Waals surface area contributed by atoms with E-state index in [0.717, 1.165) is 49.2 Å². The predicted octanol–water partition coefficient (Wildman–Crippen LogP) is 2.15. The van der Waals surface area contributed by atoms with E-state index in [0.29, 0.717) is 11.3 Å². The third-order valence-electron chi connectivity index (χ3n) is 5.09. The van der Waals surface area contributed by atoms with Crippen LogP contribution in [0.25, 0.3) is 11.0 Å². The van der Waals surface area contributed by atoms with Crippen molar-refractivity contribution in [2.45, 2.75) is 13.5 Å². The lowest BCUT2D eigenvalue weighted by Gasteiger charge is -2.33. The van der Waals surface area contributed by atoms with Crippen LogP contribution in [0.4, 0.5) is 10.1 Å². The molecular weight excluding hydrogens is 331 g/mol. The van der Waals surface area contributed by atoms with Gasteiger partial charge in [0, 0.05) is 17.0 Å². The Kier molecular flexibility index (Phi) is 4.47. The van der Waals surface area contributed by atoms with E-state index in [2.05, 4.69) is 4.90 Å². The number of halogens is 1. The molecule has 1 fully saturated rings. The van der Waals surface area contributed by atoms with E-state index >= 15 is 0 Å². The van der Waals surface area contributed by atoms with Crippen molar-refractivity contribution in [2.24, 2.45) is 0 Å². The number of nitrogens with zero attached hydrogens (tertiary/aromatic N) is 1. The van der Waals surface area contributed by atoms with Gasteiger partial charge in [-0.2, -0.15) is 0 Å². The molecule has 4 nitrogen and oxygen atoms in total. The molecule has 134 valence electrons. The summed E-state index contributed by atoms with van der Waals surface area (Å²) in [5, 5.41) is 0.999. The second-order valence-corrected chi connectivity index (χ2v) is 6.96. The summed E-state index contributed by atoms with van der Waals surface area (Å²) in [6.07, 6.45) is 0. The quantitative estimate of drug-likeness (QED) is 0.733.